The predicted octanol–water partition coefficient (Wildman–Crippen LogP) is 3.94. The molecule has 0 radical (unpaired) electrons. The van der Waals surface area contributed by atoms with E-state index in [0.717, 1.165) is 16.5 Å². The van der Waals surface area contributed by atoms with E-state index < -0.39 is 0 Å². The van der Waals surface area contributed by atoms with Crippen molar-refractivity contribution < 1.29 is 9.15 Å². The molecule has 1 aliphatic rings. The summed E-state index contributed by atoms with van der Waals surface area (Å²) < 4.78 is 17.4. The molecule has 1 saturated heterocycles. The number of rotatable bonds is 3. The number of nitrogens with zero attached hydrogens (tertiary/aromatic N) is 7. The summed E-state index contributed by atoms with van der Waals surface area (Å²) in [6.07, 6.45) is 8.44. The summed E-state index contributed by atoms with van der Waals surface area (Å²) in [4.78, 5) is 18.1. The Morgan fingerprint density at radius 2 is 1.69 bits per heavy atom. The summed E-state index contributed by atoms with van der Waals surface area (Å²) in [5.74, 6) is 0. The molecule has 4 aromatic heterocycles. The van der Waals surface area contributed by atoms with Gasteiger partial charge in [-0.3, -0.25) is 13.9 Å². The summed E-state index contributed by atoms with van der Waals surface area (Å²) in [5, 5.41) is 19.2. The third kappa shape index (κ3) is 3.51. The Morgan fingerprint density at radius 3 is 2.31 bits per heavy atom. The maximum absolute atomic E-state index is 13.6. The normalized spacial score (nSPS) is 20.2. The molecular weight excluding hydrogens is 458 g/mol. The van der Waals surface area contributed by atoms with Crippen molar-refractivity contribution in [2.75, 3.05) is 0 Å². The molecule has 1 fully saturated rings. The molecule has 0 amide bonds. The van der Waals surface area contributed by atoms with Crippen molar-refractivity contribution in [2.45, 2.75) is 44.9 Å². The summed E-state index contributed by atoms with van der Waals surface area (Å²) in [5.41, 5.74) is 4.48. The Bertz CT molecular complexity index is 1720. The zero-order valence-electron chi connectivity index (χ0n) is 20.5. The quantitative estimate of drug-likeness (QED) is 0.381. The van der Waals surface area contributed by atoms with Crippen molar-refractivity contribution in [3.05, 3.63) is 53.0 Å². The number of furan rings is 1. The van der Waals surface area contributed by atoms with Crippen molar-refractivity contribution in [3.63, 3.8) is 0 Å². The highest BCUT2D eigenvalue weighted by atomic mass is 16.5. The second-order valence-electron chi connectivity index (χ2n) is 9.59. The van der Waals surface area contributed by atoms with Crippen LogP contribution in [0.4, 0.5) is 0 Å². The number of aryl methyl sites for hydroxylation is 2. The molecule has 5 aromatic rings. The van der Waals surface area contributed by atoms with E-state index in [-0.39, 0.29) is 23.9 Å². The molecule has 3 atom stereocenters. The van der Waals surface area contributed by atoms with Gasteiger partial charge in [-0.2, -0.15) is 20.4 Å². The van der Waals surface area contributed by atoms with Gasteiger partial charge in [-0.25, -0.2) is 4.79 Å². The van der Waals surface area contributed by atoms with E-state index in [2.05, 4.69) is 21.3 Å². The topological polar surface area (TPSA) is 117 Å². The molecule has 1 aromatic carbocycles. The van der Waals surface area contributed by atoms with Crippen LogP contribution in [-0.4, -0.2) is 41.3 Å². The van der Waals surface area contributed by atoms with Crippen LogP contribution in [0.15, 0.2) is 46.1 Å². The van der Waals surface area contributed by atoms with Crippen LogP contribution in [0.5, 0.6) is 0 Å². The van der Waals surface area contributed by atoms with Crippen molar-refractivity contribution in [3.8, 4) is 28.5 Å². The van der Waals surface area contributed by atoms with Crippen LogP contribution in [0.25, 0.3) is 44.5 Å². The van der Waals surface area contributed by atoms with Crippen molar-refractivity contribution in [1.29, 1.82) is 5.26 Å². The van der Waals surface area contributed by atoms with Crippen LogP contribution < -0.4 is 5.69 Å². The monoisotopic (exact) mass is 483 g/mol. The number of nitriles is 1. The predicted molar refractivity (Wildman–Crippen MR) is 133 cm³/mol. The van der Waals surface area contributed by atoms with E-state index in [0.29, 0.717) is 46.3 Å². The van der Waals surface area contributed by atoms with Crippen molar-refractivity contribution >= 4 is 22.1 Å². The lowest BCUT2D eigenvalue weighted by Crippen LogP contribution is -2.36. The largest absolute Gasteiger partial charge is 0.452 e. The lowest BCUT2D eigenvalue weighted by molar-refractivity contribution is -0.0486. The van der Waals surface area contributed by atoms with Gasteiger partial charge in [0.2, 0.25) is 0 Å². The molecule has 1 unspecified atom stereocenters. The molecule has 0 bridgehead atoms. The second-order valence-corrected chi connectivity index (χ2v) is 9.59. The summed E-state index contributed by atoms with van der Waals surface area (Å²) in [6.45, 7) is 4.05. The highest BCUT2D eigenvalue weighted by Gasteiger charge is 2.31. The molecule has 5 heterocycles. The van der Waals surface area contributed by atoms with Gasteiger partial charge < -0.3 is 9.15 Å². The first kappa shape index (κ1) is 22.2. The average molecular weight is 484 g/mol. The van der Waals surface area contributed by atoms with Crippen molar-refractivity contribution in [2.24, 2.45) is 14.1 Å². The number of aromatic nitrogens is 6. The number of hydrogen-bond acceptors (Lipinski definition) is 7. The summed E-state index contributed by atoms with van der Waals surface area (Å²) >= 11 is 0. The Kier molecular flexibility index (Phi) is 5.05. The minimum absolute atomic E-state index is 0.00742. The summed E-state index contributed by atoms with van der Waals surface area (Å²) in [7, 11) is 3.64. The number of hydrogen-bond donors (Lipinski definition) is 0. The SMILES string of the molecule is C[C@@H]1CC(n2c(=O)nc(-c3cnn(C)c3)c3oc4cc(C#N)c(-c5cnn(C)c5)cc4c32)C[C@H](C)O1. The minimum atomic E-state index is -0.345. The van der Waals surface area contributed by atoms with Crippen LogP contribution in [0.1, 0.15) is 38.3 Å². The van der Waals surface area contributed by atoms with Crippen LogP contribution in [-0.2, 0) is 18.8 Å². The molecule has 10 heteroatoms. The van der Waals surface area contributed by atoms with Crippen LogP contribution in [0.2, 0.25) is 0 Å². The lowest BCUT2D eigenvalue weighted by atomic mass is 9.98. The van der Waals surface area contributed by atoms with Gasteiger partial charge in [0.25, 0.3) is 0 Å². The van der Waals surface area contributed by atoms with Gasteiger partial charge in [0.05, 0.1) is 36.2 Å². The average Bonchev–Trinajstić information content (AvgIpc) is 3.55. The zero-order valence-corrected chi connectivity index (χ0v) is 20.5. The number of ether oxygens (including phenoxy) is 1. The van der Waals surface area contributed by atoms with Gasteiger partial charge >= 0.3 is 5.69 Å². The smallest absolute Gasteiger partial charge is 0.349 e. The second kappa shape index (κ2) is 8.17. The van der Waals surface area contributed by atoms with E-state index in [1.165, 1.54) is 0 Å². The van der Waals surface area contributed by atoms with E-state index in [9.17, 15) is 10.1 Å². The zero-order chi connectivity index (χ0) is 25.1. The van der Waals surface area contributed by atoms with Crippen molar-refractivity contribution in [1.82, 2.24) is 29.1 Å². The Morgan fingerprint density at radius 1 is 1.03 bits per heavy atom. The molecule has 182 valence electrons. The van der Waals surface area contributed by atoms with Gasteiger partial charge in [0.15, 0.2) is 5.58 Å². The number of benzene rings is 1. The van der Waals surface area contributed by atoms with Gasteiger partial charge in [-0.15, -0.1) is 0 Å². The molecule has 0 saturated carbocycles. The van der Waals surface area contributed by atoms with E-state index in [1.807, 2.05) is 40.2 Å². The first-order valence-electron chi connectivity index (χ1n) is 11.9. The first-order chi connectivity index (χ1) is 17.3. The van der Waals surface area contributed by atoms with E-state index in [4.69, 9.17) is 9.15 Å². The standard InChI is InChI=1S/C26H25N7O3/c1-14-5-19(6-15(2)35-14)33-24-21-8-20(17-10-28-31(3)12-17)16(9-27)7-22(21)36-25(24)23(30-26(33)34)18-11-29-32(4)13-18/h7-8,10-15,19H,5-6H2,1-4H3/t14-,15+,19?. The van der Waals surface area contributed by atoms with Crippen LogP contribution >= 0.6 is 0 Å². The van der Waals surface area contributed by atoms with Gasteiger partial charge in [0.1, 0.15) is 16.8 Å². The molecule has 10 nitrogen and oxygen atoms in total. The first-order valence-corrected chi connectivity index (χ1v) is 11.9. The van der Waals surface area contributed by atoms with Gasteiger partial charge in [0, 0.05) is 54.6 Å². The molecule has 0 spiro atoms. The van der Waals surface area contributed by atoms with E-state index in [1.54, 1.807) is 38.6 Å². The third-order valence-electron chi connectivity index (χ3n) is 6.82. The van der Waals surface area contributed by atoms with Crippen LogP contribution in [0, 0.1) is 11.3 Å². The molecular formula is C26H25N7O3. The third-order valence-corrected chi connectivity index (χ3v) is 6.82. The van der Waals surface area contributed by atoms with E-state index >= 15 is 0 Å². The molecule has 0 N–H and O–H groups in total. The molecule has 1 aliphatic heterocycles. The maximum Gasteiger partial charge on any atom is 0.349 e. The maximum atomic E-state index is 13.6. The molecule has 6 rings (SSSR count). The fourth-order valence-electron chi connectivity index (χ4n) is 5.38. The number of fused-ring (bicyclic) bond motifs is 3. The molecule has 0 aliphatic carbocycles. The fourth-order valence-corrected chi connectivity index (χ4v) is 5.38. The Labute approximate surface area is 206 Å². The molecule has 36 heavy (non-hydrogen) atoms. The highest BCUT2D eigenvalue weighted by Crippen LogP contribution is 2.40. The minimum Gasteiger partial charge on any atom is -0.452 e. The van der Waals surface area contributed by atoms with Gasteiger partial charge in [-0.1, -0.05) is 0 Å². The Balaban J connectivity index is 1.71. The Hall–Kier alpha value is -4.23. The fraction of sp³-hybridized carbons (Fsp3) is 0.346. The lowest BCUT2D eigenvalue weighted by Gasteiger charge is -2.33. The summed E-state index contributed by atoms with van der Waals surface area (Å²) in [6, 6.07) is 5.83. The van der Waals surface area contributed by atoms with Crippen LogP contribution in [0.3, 0.4) is 0 Å². The van der Waals surface area contributed by atoms with Gasteiger partial charge in [-0.05, 0) is 38.8 Å². The highest BCUT2D eigenvalue weighted by molar-refractivity contribution is 6.08.